The molecule has 0 saturated heterocycles. The molecule has 6 nitrogen and oxygen atoms in total. The van der Waals surface area contributed by atoms with Gasteiger partial charge in [0, 0.05) is 19.4 Å². The van der Waals surface area contributed by atoms with Gasteiger partial charge in [-0.05, 0) is 37.6 Å². The van der Waals surface area contributed by atoms with Crippen molar-refractivity contribution >= 4 is 11.9 Å². The third kappa shape index (κ3) is 4.92. The first-order valence-electron chi connectivity index (χ1n) is 5.78. The van der Waals surface area contributed by atoms with Crippen LogP contribution in [0.25, 0.3) is 0 Å². The molecule has 0 spiro atoms. The first kappa shape index (κ1) is 14.1. The predicted octanol–water partition coefficient (Wildman–Crippen LogP) is 0.0578. The van der Waals surface area contributed by atoms with E-state index in [0.717, 1.165) is 12.0 Å². The number of amides is 3. The molecule has 3 amide bonds. The van der Waals surface area contributed by atoms with Crippen LogP contribution < -0.4 is 16.0 Å². The van der Waals surface area contributed by atoms with Crippen LogP contribution in [0.2, 0.25) is 0 Å². The predicted molar refractivity (Wildman–Crippen MR) is 68.0 cm³/mol. The van der Waals surface area contributed by atoms with Crippen LogP contribution in [0.4, 0.5) is 4.79 Å². The maximum atomic E-state index is 11.5. The van der Waals surface area contributed by atoms with Crippen LogP contribution in [-0.2, 0) is 11.2 Å². The van der Waals surface area contributed by atoms with Crippen molar-refractivity contribution in [1.29, 1.82) is 0 Å². The van der Waals surface area contributed by atoms with Crippen LogP contribution in [-0.4, -0.2) is 36.6 Å². The molecular weight excluding hydrogens is 232 g/mol. The van der Waals surface area contributed by atoms with Crippen molar-refractivity contribution in [2.24, 2.45) is 0 Å². The van der Waals surface area contributed by atoms with Crippen LogP contribution in [0.15, 0.2) is 24.5 Å². The number of nitrogens with zero attached hydrogens (tertiary/aromatic N) is 1. The minimum atomic E-state index is -0.497. The quantitative estimate of drug-likeness (QED) is 0.690. The Balaban J connectivity index is 2.26. The van der Waals surface area contributed by atoms with Crippen LogP contribution in [0, 0.1) is 0 Å². The largest absolute Gasteiger partial charge is 0.341 e. The zero-order valence-electron chi connectivity index (χ0n) is 10.6. The summed E-state index contributed by atoms with van der Waals surface area (Å²) < 4.78 is 0. The average Bonchev–Trinajstić information content (AvgIpc) is 2.39. The summed E-state index contributed by atoms with van der Waals surface area (Å²) in [7, 11) is 1.46. The molecule has 1 aromatic heterocycles. The van der Waals surface area contributed by atoms with Gasteiger partial charge in [0.25, 0.3) is 0 Å². The van der Waals surface area contributed by atoms with Crippen LogP contribution >= 0.6 is 0 Å². The first-order valence-corrected chi connectivity index (χ1v) is 5.78. The Morgan fingerprint density at radius 3 is 2.61 bits per heavy atom. The van der Waals surface area contributed by atoms with Gasteiger partial charge in [0.1, 0.15) is 0 Å². The highest BCUT2D eigenvalue weighted by molar-refractivity contribution is 5.96. The standard InChI is InChI=1S/C12H18N4O2/c1-9(11(17)16-12(18)13-2)15-8-5-10-3-6-14-7-4-10/h3-4,6-7,9,15H,5,8H2,1-2H3,(H2,13,16,17,18). The number of urea groups is 1. The second kappa shape index (κ2) is 7.39. The highest BCUT2D eigenvalue weighted by atomic mass is 16.2. The molecule has 0 radical (unpaired) electrons. The zero-order valence-corrected chi connectivity index (χ0v) is 10.6. The molecule has 1 heterocycles. The second-order valence-electron chi connectivity index (χ2n) is 3.85. The Kier molecular flexibility index (Phi) is 5.79. The van der Waals surface area contributed by atoms with Gasteiger partial charge in [-0.3, -0.25) is 15.1 Å². The van der Waals surface area contributed by atoms with Crippen molar-refractivity contribution in [2.75, 3.05) is 13.6 Å². The summed E-state index contributed by atoms with van der Waals surface area (Å²) in [6.45, 7) is 2.37. The summed E-state index contributed by atoms with van der Waals surface area (Å²) in [5.41, 5.74) is 1.15. The first-order chi connectivity index (χ1) is 8.63. The van der Waals surface area contributed by atoms with E-state index in [2.05, 4.69) is 20.9 Å². The number of imide groups is 1. The maximum absolute atomic E-state index is 11.5. The fourth-order valence-electron chi connectivity index (χ4n) is 1.36. The zero-order chi connectivity index (χ0) is 13.4. The van der Waals surface area contributed by atoms with Crippen LogP contribution in [0.1, 0.15) is 12.5 Å². The third-order valence-corrected chi connectivity index (χ3v) is 2.47. The number of rotatable bonds is 5. The molecule has 1 aromatic rings. The van der Waals surface area contributed by atoms with Gasteiger partial charge in [-0.1, -0.05) is 0 Å². The van der Waals surface area contributed by atoms with Crippen molar-refractivity contribution in [1.82, 2.24) is 20.9 Å². The van der Waals surface area contributed by atoms with E-state index in [0.29, 0.717) is 6.54 Å². The van der Waals surface area contributed by atoms with Crippen LogP contribution in [0.3, 0.4) is 0 Å². The van der Waals surface area contributed by atoms with Crippen molar-refractivity contribution in [3.05, 3.63) is 30.1 Å². The molecule has 0 aliphatic heterocycles. The lowest BCUT2D eigenvalue weighted by atomic mass is 10.2. The van der Waals surface area contributed by atoms with Gasteiger partial charge in [0.15, 0.2) is 0 Å². The second-order valence-corrected chi connectivity index (χ2v) is 3.85. The number of hydrogen-bond donors (Lipinski definition) is 3. The molecule has 0 saturated carbocycles. The number of pyridine rings is 1. The monoisotopic (exact) mass is 250 g/mol. The number of hydrogen-bond acceptors (Lipinski definition) is 4. The topological polar surface area (TPSA) is 83.1 Å². The lowest BCUT2D eigenvalue weighted by Gasteiger charge is -2.13. The summed E-state index contributed by atoms with van der Waals surface area (Å²) in [5, 5.41) is 7.59. The minimum absolute atomic E-state index is 0.343. The van der Waals surface area contributed by atoms with E-state index in [-0.39, 0.29) is 5.91 Å². The SMILES string of the molecule is CNC(=O)NC(=O)C(C)NCCc1ccncc1. The maximum Gasteiger partial charge on any atom is 0.321 e. The highest BCUT2D eigenvalue weighted by Gasteiger charge is 2.13. The number of nitrogens with one attached hydrogen (secondary N) is 3. The molecule has 1 atom stereocenters. The minimum Gasteiger partial charge on any atom is -0.341 e. The van der Waals surface area contributed by atoms with Gasteiger partial charge in [-0.25, -0.2) is 4.79 Å². The molecule has 1 unspecified atom stereocenters. The fourth-order valence-corrected chi connectivity index (χ4v) is 1.36. The normalized spacial score (nSPS) is 11.7. The molecule has 3 N–H and O–H groups in total. The molecule has 0 fully saturated rings. The molecule has 18 heavy (non-hydrogen) atoms. The van der Waals surface area contributed by atoms with E-state index in [1.165, 1.54) is 7.05 Å². The van der Waals surface area contributed by atoms with Gasteiger partial charge >= 0.3 is 6.03 Å². The number of aromatic nitrogens is 1. The Hall–Kier alpha value is -1.95. The Morgan fingerprint density at radius 2 is 2.00 bits per heavy atom. The summed E-state index contributed by atoms with van der Waals surface area (Å²) >= 11 is 0. The van der Waals surface area contributed by atoms with Gasteiger partial charge in [0.2, 0.25) is 5.91 Å². The average molecular weight is 250 g/mol. The molecular formula is C12H18N4O2. The molecule has 0 aromatic carbocycles. The Bertz CT molecular complexity index is 394. The summed E-state index contributed by atoms with van der Waals surface area (Å²) in [4.78, 5) is 26.4. The third-order valence-electron chi connectivity index (χ3n) is 2.47. The lowest BCUT2D eigenvalue weighted by Crippen LogP contribution is -2.47. The molecule has 0 aliphatic rings. The number of carbonyl (C=O) groups is 2. The Labute approximate surface area is 106 Å². The highest BCUT2D eigenvalue weighted by Crippen LogP contribution is 1.96. The van der Waals surface area contributed by atoms with E-state index in [1.807, 2.05) is 12.1 Å². The smallest absolute Gasteiger partial charge is 0.321 e. The molecule has 0 bridgehead atoms. The van der Waals surface area contributed by atoms with E-state index < -0.39 is 12.1 Å². The van der Waals surface area contributed by atoms with E-state index in [1.54, 1.807) is 19.3 Å². The van der Waals surface area contributed by atoms with Gasteiger partial charge < -0.3 is 10.6 Å². The van der Waals surface area contributed by atoms with Gasteiger partial charge in [0.05, 0.1) is 6.04 Å². The lowest BCUT2D eigenvalue weighted by molar-refractivity contribution is -0.121. The van der Waals surface area contributed by atoms with Crippen molar-refractivity contribution in [2.45, 2.75) is 19.4 Å². The molecule has 0 aliphatic carbocycles. The van der Waals surface area contributed by atoms with Crippen molar-refractivity contribution in [3.63, 3.8) is 0 Å². The van der Waals surface area contributed by atoms with E-state index >= 15 is 0 Å². The van der Waals surface area contributed by atoms with Gasteiger partial charge in [-0.2, -0.15) is 0 Å². The molecule has 98 valence electrons. The molecule has 1 rings (SSSR count). The van der Waals surface area contributed by atoms with E-state index in [4.69, 9.17) is 0 Å². The fraction of sp³-hybridized carbons (Fsp3) is 0.417. The summed E-state index contributed by atoms with van der Waals surface area (Å²) in [6.07, 6.45) is 4.27. The summed E-state index contributed by atoms with van der Waals surface area (Å²) in [5.74, 6) is -0.343. The summed E-state index contributed by atoms with van der Waals surface area (Å²) in [6, 6.07) is 2.94. The van der Waals surface area contributed by atoms with E-state index in [9.17, 15) is 9.59 Å². The Morgan fingerprint density at radius 1 is 1.33 bits per heavy atom. The van der Waals surface area contributed by atoms with Crippen molar-refractivity contribution < 1.29 is 9.59 Å². The number of carbonyl (C=O) groups excluding carboxylic acids is 2. The molecule has 6 heteroatoms. The van der Waals surface area contributed by atoms with Crippen molar-refractivity contribution in [3.8, 4) is 0 Å². The van der Waals surface area contributed by atoms with Crippen LogP contribution in [0.5, 0.6) is 0 Å². The van der Waals surface area contributed by atoms with Gasteiger partial charge in [-0.15, -0.1) is 0 Å².